The van der Waals surface area contributed by atoms with Crippen LogP contribution in [0.2, 0.25) is 0 Å². The zero-order valence-corrected chi connectivity index (χ0v) is 14.5. The van der Waals surface area contributed by atoms with Gasteiger partial charge in [-0.05, 0) is 35.9 Å². The number of hydrogen-bond donors (Lipinski definition) is 1. The zero-order valence-electron chi connectivity index (χ0n) is 14.5. The van der Waals surface area contributed by atoms with E-state index in [4.69, 9.17) is 14.7 Å². The summed E-state index contributed by atoms with van der Waals surface area (Å²) >= 11 is 0. The molecule has 0 aromatic heterocycles. The molecule has 0 aliphatic heterocycles. The first-order valence-electron chi connectivity index (χ1n) is 7.81. The molecule has 0 aliphatic carbocycles. The highest BCUT2D eigenvalue weighted by atomic mass is 16.5. The summed E-state index contributed by atoms with van der Waals surface area (Å²) in [6.07, 6.45) is 3.10. The number of nitrogens with zero attached hydrogens (tertiary/aromatic N) is 1. The lowest BCUT2D eigenvalue weighted by Gasteiger charge is -2.08. The van der Waals surface area contributed by atoms with E-state index in [-0.39, 0.29) is 18.3 Å². The van der Waals surface area contributed by atoms with Gasteiger partial charge in [-0.2, -0.15) is 5.26 Å². The Bertz CT molecular complexity index is 882. The van der Waals surface area contributed by atoms with E-state index < -0.39 is 0 Å². The number of carbonyl (C=O) groups excluding carboxylic acids is 2. The molecule has 0 fully saturated rings. The average Bonchev–Trinajstić information content (AvgIpc) is 2.64. The highest BCUT2D eigenvalue weighted by molar-refractivity contribution is 6.07. The number of carbonyl (C=O) groups is 2. The summed E-state index contributed by atoms with van der Waals surface area (Å²) < 4.78 is 10.5. The Labute approximate surface area is 151 Å². The second kappa shape index (κ2) is 9.04. The second-order valence-electron chi connectivity index (χ2n) is 5.32. The molecule has 0 spiro atoms. The molecule has 2 aromatic rings. The van der Waals surface area contributed by atoms with Gasteiger partial charge in [0.1, 0.15) is 6.07 Å². The number of methoxy groups -OCH3 is 1. The average molecular weight is 350 g/mol. The third-order valence-corrected chi connectivity index (χ3v) is 3.37. The fraction of sp³-hybridized carbons (Fsp3) is 0.150. The van der Waals surface area contributed by atoms with Gasteiger partial charge in [0.15, 0.2) is 23.9 Å². The Kier molecular flexibility index (Phi) is 6.52. The smallest absolute Gasteiger partial charge is 0.221 e. The van der Waals surface area contributed by atoms with Crippen molar-refractivity contribution in [3.05, 3.63) is 59.7 Å². The number of anilines is 1. The van der Waals surface area contributed by atoms with Gasteiger partial charge in [0.05, 0.1) is 7.11 Å². The maximum absolute atomic E-state index is 12.3. The number of benzene rings is 2. The van der Waals surface area contributed by atoms with Crippen LogP contribution in [0.1, 0.15) is 22.8 Å². The lowest BCUT2D eigenvalue weighted by molar-refractivity contribution is -0.114. The Morgan fingerprint density at radius 3 is 2.69 bits per heavy atom. The molecule has 2 aromatic carbocycles. The van der Waals surface area contributed by atoms with Crippen molar-refractivity contribution >= 4 is 23.5 Å². The van der Waals surface area contributed by atoms with Gasteiger partial charge in [-0.3, -0.25) is 9.59 Å². The van der Waals surface area contributed by atoms with E-state index >= 15 is 0 Å². The maximum atomic E-state index is 12.3. The molecule has 0 atom stereocenters. The molecule has 0 unspecified atom stereocenters. The number of hydrogen-bond acceptors (Lipinski definition) is 5. The van der Waals surface area contributed by atoms with Crippen molar-refractivity contribution in [2.75, 3.05) is 19.0 Å². The molecule has 0 saturated heterocycles. The summed E-state index contributed by atoms with van der Waals surface area (Å²) in [5, 5.41) is 11.2. The molecule has 2 rings (SSSR count). The number of amides is 1. The van der Waals surface area contributed by atoms with Crippen molar-refractivity contribution < 1.29 is 19.1 Å². The Morgan fingerprint density at radius 1 is 1.19 bits per heavy atom. The third-order valence-electron chi connectivity index (χ3n) is 3.37. The summed E-state index contributed by atoms with van der Waals surface area (Å²) in [5.41, 5.74) is 1.78. The molecule has 6 nitrogen and oxygen atoms in total. The van der Waals surface area contributed by atoms with Crippen LogP contribution in [0, 0.1) is 11.3 Å². The fourth-order valence-corrected chi connectivity index (χ4v) is 2.24. The lowest BCUT2D eigenvalue weighted by atomic mass is 10.1. The topological polar surface area (TPSA) is 88.4 Å². The number of nitriles is 1. The summed E-state index contributed by atoms with van der Waals surface area (Å²) in [7, 11) is 1.50. The van der Waals surface area contributed by atoms with Gasteiger partial charge in [0.25, 0.3) is 0 Å². The Hall–Kier alpha value is -3.59. The van der Waals surface area contributed by atoms with Gasteiger partial charge in [0, 0.05) is 18.2 Å². The van der Waals surface area contributed by atoms with Crippen molar-refractivity contribution in [2.24, 2.45) is 0 Å². The van der Waals surface area contributed by atoms with Gasteiger partial charge in [-0.25, -0.2) is 0 Å². The van der Waals surface area contributed by atoms with Gasteiger partial charge in [-0.15, -0.1) is 0 Å². The third kappa shape index (κ3) is 5.21. The minimum absolute atomic E-state index is 0.0747. The van der Waals surface area contributed by atoms with Crippen molar-refractivity contribution in [2.45, 2.75) is 6.92 Å². The van der Waals surface area contributed by atoms with E-state index in [1.54, 1.807) is 48.5 Å². The molecule has 0 heterocycles. The van der Waals surface area contributed by atoms with Crippen molar-refractivity contribution in [1.82, 2.24) is 0 Å². The maximum Gasteiger partial charge on any atom is 0.221 e. The molecule has 1 amide bonds. The van der Waals surface area contributed by atoms with Gasteiger partial charge < -0.3 is 14.8 Å². The van der Waals surface area contributed by atoms with E-state index in [0.29, 0.717) is 22.7 Å². The number of nitrogens with one attached hydrogen (secondary N) is 1. The highest BCUT2D eigenvalue weighted by Gasteiger charge is 2.06. The first kappa shape index (κ1) is 18.7. The zero-order chi connectivity index (χ0) is 18.9. The second-order valence-corrected chi connectivity index (χ2v) is 5.32. The molecular weight excluding hydrogens is 332 g/mol. The Balaban J connectivity index is 2.15. The highest BCUT2D eigenvalue weighted by Crippen LogP contribution is 2.28. The van der Waals surface area contributed by atoms with Gasteiger partial charge >= 0.3 is 0 Å². The molecule has 0 bridgehead atoms. The molecule has 6 heteroatoms. The first-order valence-corrected chi connectivity index (χ1v) is 7.81. The number of ketones is 1. The lowest BCUT2D eigenvalue weighted by Crippen LogP contribution is -2.06. The first-order chi connectivity index (χ1) is 12.5. The summed E-state index contributed by atoms with van der Waals surface area (Å²) in [6, 6.07) is 13.8. The number of ether oxygens (including phenoxy) is 2. The fourth-order valence-electron chi connectivity index (χ4n) is 2.24. The van der Waals surface area contributed by atoms with E-state index in [1.165, 1.54) is 20.1 Å². The predicted molar refractivity (Wildman–Crippen MR) is 98.2 cm³/mol. The number of allylic oxidation sites excluding steroid dienone is 1. The van der Waals surface area contributed by atoms with Crippen LogP contribution in [0.5, 0.6) is 11.5 Å². The molecule has 0 saturated carbocycles. The molecule has 0 radical (unpaired) electrons. The summed E-state index contributed by atoms with van der Waals surface area (Å²) in [4.78, 5) is 23.4. The van der Waals surface area contributed by atoms with E-state index in [1.807, 2.05) is 6.07 Å². The van der Waals surface area contributed by atoms with Crippen LogP contribution in [0.25, 0.3) is 6.08 Å². The normalized spacial score (nSPS) is 10.2. The molecule has 0 aliphatic rings. The van der Waals surface area contributed by atoms with Crippen molar-refractivity contribution in [3.8, 4) is 17.6 Å². The van der Waals surface area contributed by atoms with Crippen LogP contribution >= 0.6 is 0 Å². The van der Waals surface area contributed by atoms with Crippen molar-refractivity contribution in [3.63, 3.8) is 0 Å². The number of rotatable bonds is 7. The molecule has 26 heavy (non-hydrogen) atoms. The molecule has 132 valence electrons. The van der Waals surface area contributed by atoms with Gasteiger partial charge in [0.2, 0.25) is 5.91 Å². The monoisotopic (exact) mass is 350 g/mol. The van der Waals surface area contributed by atoms with Crippen LogP contribution in [0.4, 0.5) is 5.69 Å². The van der Waals surface area contributed by atoms with E-state index in [2.05, 4.69) is 5.32 Å². The van der Waals surface area contributed by atoms with Crippen LogP contribution in [-0.4, -0.2) is 25.4 Å². The van der Waals surface area contributed by atoms with Crippen LogP contribution in [0.3, 0.4) is 0 Å². The van der Waals surface area contributed by atoms with Crippen molar-refractivity contribution in [1.29, 1.82) is 5.26 Å². The molecular formula is C20H18N2O4. The van der Waals surface area contributed by atoms with Crippen LogP contribution < -0.4 is 14.8 Å². The summed E-state index contributed by atoms with van der Waals surface area (Å²) in [5.74, 6) is 0.542. The quantitative estimate of drug-likeness (QED) is 0.610. The van der Waals surface area contributed by atoms with Crippen LogP contribution in [-0.2, 0) is 4.79 Å². The van der Waals surface area contributed by atoms with Crippen LogP contribution in [0.15, 0.2) is 48.5 Å². The molecule has 1 N–H and O–H groups in total. The van der Waals surface area contributed by atoms with E-state index in [9.17, 15) is 9.59 Å². The minimum atomic E-state index is -0.198. The van der Waals surface area contributed by atoms with Gasteiger partial charge in [-0.1, -0.05) is 24.3 Å². The largest absolute Gasteiger partial charge is 0.493 e. The van der Waals surface area contributed by atoms with E-state index in [0.717, 1.165) is 5.56 Å². The standard InChI is InChI=1S/C20H18N2O4/c1-14(23)22-17-5-3-4-16(13-17)18(24)8-6-15-7-9-19(26-11-10-21)20(12-15)25-2/h3-9,12-13H,11H2,1-2H3,(H,22,23)/b8-6+. The summed E-state index contributed by atoms with van der Waals surface area (Å²) in [6.45, 7) is 1.33. The predicted octanol–water partition coefficient (Wildman–Crippen LogP) is 3.45. The minimum Gasteiger partial charge on any atom is -0.493 e. The Morgan fingerprint density at radius 2 is 2.00 bits per heavy atom. The SMILES string of the molecule is COc1cc(/C=C/C(=O)c2cccc(NC(C)=O)c2)ccc1OCC#N.